The highest BCUT2D eigenvalue weighted by atomic mass is 79.9. The van der Waals surface area contributed by atoms with E-state index in [-0.39, 0.29) is 11.6 Å². The number of nitrogens with zero attached hydrogens (tertiary/aromatic N) is 1. The van der Waals surface area contributed by atoms with Gasteiger partial charge in [-0.05, 0) is 22.0 Å². The quantitative estimate of drug-likeness (QED) is 0.875. The maximum Gasteiger partial charge on any atom is 0.269 e. The lowest BCUT2D eigenvalue weighted by atomic mass is 9.95. The van der Waals surface area contributed by atoms with E-state index in [1.54, 1.807) is 26.8 Å². The average molecular weight is 300 g/mol. The zero-order chi connectivity index (χ0) is 13.2. The van der Waals surface area contributed by atoms with Gasteiger partial charge < -0.3 is 11.1 Å². The monoisotopic (exact) mass is 299 g/mol. The van der Waals surface area contributed by atoms with Crippen LogP contribution in [0.5, 0.6) is 0 Å². The fourth-order valence-electron chi connectivity index (χ4n) is 1.04. The van der Waals surface area contributed by atoms with E-state index in [2.05, 4.69) is 26.2 Å². The predicted molar refractivity (Wildman–Crippen MR) is 68.5 cm³/mol. The highest BCUT2D eigenvalue weighted by Gasteiger charge is 2.23. The first-order chi connectivity index (χ1) is 7.71. The number of aromatic nitrogens is 1. The third-order valence-electron chi connectivity index (χ3n) is 2.02. The van der Waals surface area contributed by atoms with Crippen LogP contribution in [-0.2, 0) is 4.79 Å². The third-order valence-corrected chi connectivity index (χ3v) is 2.45. The fourth-order valence-corrected chi connectivity index (χ4v) is 1.37. The van der Waals surface area contributed by atoms with Gasteiger partial charge >= 0.3 is 0 Å². The van der Waals surface area contributed by atoms with Crippen molar-refractivity contribution < 1.29 is 9.59 Å². The van der Waals surface area contributed by atoms with Crippen molar-refractivity contribution in [2.75, 3.05) is 5.32 Å². The van der Waals surface area contributed by atoms with E-state index in [1.807, 2.05) is 0 Å². The first-order valence-electron chi connectivity index (χ1n) is 4.98. The minimum absolute atomic E-state index is 0.0470. The van der Waals surface area contributed by atoms with E-state index in [9.17, 15) is 9.59 Å². The highest BCUT2D eigenvalue weighted by molar-refractivity contribution is 9.10. The zero-order valence-corrected chi connectivity index (χ0v) is 11.5. The minimum Gasteiger partial charge on any atom is -0.364 e. The Morgan fingerprint density at radius 3 is 2.47 bits per heavy atom. The highest BCUT2D eigenvalue weighted by Crippen LogP contribution is 2.22. The molecule has 1 aromatic heterocycles. The molecule has 0 aliphatic rings. The molecule has 0 spiro atoms. The Hall–Kier alpha value is -1.43. The van der Waals surface area contributed by atoms with Crippen LogP contribution in [0.1, 0.15) is 31.3 Å². The van der Waals surface area contributed by atoms with Crippen molar-refractivity contribution >= 4 is 33.4 Å². The Kier molecular flexibility index (Phi) is 3.87. The molecule has 0 atom stereocenters. The van der Waals surface area contributed by atoms with Crippen molar-refractivity contribution in [1.82, 2.24) is 4.98 Å². The average Bonchev–Trinajstić information content (AvgIpc) is 2.15. The molecule has 0 aromatic carbocycles. The Morgan fingerprint density at radius 2 is 2.00 bits per heavy atom. The molecule has 0 aliphatic carbocycles. The van der Waals surface area contributed by atoms with Crippen molar-refractivity contribution in [2.45, 2.75) is 20.8 Å². The van der Waals surface area contributed by atoms with Gasteiger partial charge in [-0.2, -0.15) is 0 Å². The molecule has 0 bridgehead atoms. The van der Waals surface area contributed by atoms with Gasteiger partial charge in [-0.1, -0.05) is 20.8 Å². The summed E-state index contributed by atoms with van der Waals surface area (Å²) in [5, 5.41) is 2.64. The minimum atomic E-state index is -0.679. The number of anilines is 1. The summed E-state index contributed by atoms with van der Waals surface area (Å²) in [5.41, 5.74) is 4.98. The van der Waals surface area contributed by atoms with Gasteiger partial charge in [0.2, 0.25) is 5.91 Å². The second kappa shape index (κ2) is 4.83. The molecule has 0 saturated heterocycles. The van der Waals surface area contributed by atoms with E-state index in [0.29, 0.717) is 10.2 Å². The van der Waals surface area contributed by atoms with Crippen LogP contribution in [0.2, 0.25) is 0 Å². The third kappa shape index (κ3) is 3.52. The maximum absolute atomic E-state index is 11.8. The van der Waals surface area contributed by atoms with Gasteiger partial charge in [0.25, 0.3) is 5.91 Å². The molecule has 92 valence electrons. The number of primary amides is 1. The lowest BCUT2D eigenvalue weighted by Crippen LogP contribution is -2.29. The Labute approximate surface area is 108 Å². The van der Waals surface area contributed by atoms with Crippen LogP contribution in [0.3, 0.4) is 0 Å². The van der Waals surface area contributed by atoms with Crippen LogP contribution >= 0.6 is 15.9 Å². The molecule has 0 fully saturated rings. The van der Waals surface area contributed by atoms with E-state index in [4.69, 9.17) is 5.73 Å². The number of hydrogen-bond donors (Lipinski definition) is 2. The van der Waals surface area contributed by atoms with Gasteiger partial charge in [-0.25, -0.2) is 4.98 Å². The van der Waals surface area contributed by atoms with Gasteiger partial charge in [0, 0.05) is 16.1 Å². The van der Waals surface area contributed by atoms with Gasteiger partial charge in [0.05, 0.1) is 5.69 Å². The summed E-state index contributed by atoms with van der Waals surface area (Å²) in [6, 6.07) is 1.59. The van der Waals surface area contributed by atoms with Crippen LogP contribution in [0, 0.1) is 5.41 Å². The van der Waals surface area contributed by atoms with Crippen molar-refractivity contribution in [2.24, 2.45) is 11.1 Å². The van der Waals surface area contributed by atoms with Crippen LogP contribution in [0.15, 0.2) is 16.7 Å². The molecular weight excluding hydrogens is 286 g/mol. The van der Waals surface area contributed by atoms with E-state index >= 15 is 0 Å². The molecular formula is C11H14BrN3O2. The van der Waals surface area contributed by atoms with E-state index in [0.717, 1.165) is 0 Å². The fraction of sp³-hybridized carbons (Fsp3) is 0.364. The number of amides is 2. The lowest BCUT2D eigenvalue weighted by Gasteiger charge is -2.18. The second-order valence-corrected chi connectivity index (χ2v) is 5.53. The number of carbonyl (C=O) groups is 2. The summed E-state index contributed by atoms with van der Waals surface area (Å²) < 4.78 is 0.659. The van der Waals surface area contributed by atoms with Crippen LogP contribution < -0.4 is 11.1 Å². The van der Waals surface area contributed by atoms with Gasteiger partial charge in [-0.15, -0.1) is 0 Å². The molecule has 1 aromatic rings. The molecule has 0 aliphatic heterocycles. The number of halogens is 1. The van der Waals surface area contributed by atoms with Crippen LogP contribution in [0.4, 0.5) is 5.69 Å². The van der Waals surface area contributed by atoms with Crippen LogP contribution in [0.25, 0.3) is 0 Å². The second-order valence-electron chi connectivity index (χ2n) is 4.62. The number of carbonyl (C=O) groups excluding carboxylic acids is 2. The summed E-state index contributed by atoms with van der Waals surface area (Å²) >= 11 is 3.22. The summed E-state index contributed by atoms with van der Waals surface area (Å²) in [6.07, 6.45) is 1.45. The summed E-state index contributed by atoms with van der Waals surface area (Å²) in [5.74, 6) is -0.887. The molecule has 0 radical (unpaired) electrons. The zero-order valence-electron chi connectivity index (χ0n) is 9.87. The number of hydrogen-bond acceptors (Lipinski definition) is 3. The summed E-state index contributed by atoms with van der Waals surface area (Å²) in [7, 11) is 0. The lowest BCUT2D eigenvalue weighted by molar-refractivity contribution is -0.123. The van der Waals surface area contributed by atoms with E-state index in [1.165, 1.54) is 6.20 Å². The first kappa shape index (κ1) is 13.6. The van der Waals surface area contributed by atoms with Crippen molar-refractivity contribution in [3.63, 3.8) is 0 Å². The summed E-state index contributed by atoms with van der Waals surface area (Å²) in [6.45, 7) is 5.33. The topological polar surface area (TPSA) is 85.1 Å². The number of nitrogens with two attached hydrogens (primary N) is 1. The summed E-state index contributed by atoms with van der Waals surface area (Å²) in [4.78, 5) is 26.8. The Bertz CT molecular complexity index is 466. The van der Waals surface area contributed by atoms with Gasteiger partial charge in [-0.3, -0.25) is 9.59 Å². The largest absolute Gasteiger partial charge is 0.364 e. The SMILES string of the molecule is CC(C)(C)C(=O)Nc1cc(Br)cnc1C(N)=O. The van der Waals surface area contributed by atoms with Crippen molar-refractivity contribution in [1.29, 1.82) is 0 Å². The molecule has 17 heavy (non-hydrogen) atoms. The maximum atomic E-state index is 11.8. The number of nitrogens with one attached hydrogen (secondary N) is 1. The molecule has 1 heterocycles. The Morgan fingerprint density at radius 1 is 1.41 bits per heavy atom. The normalized spacial score (nSPS) is 11.1. The smallest absolute Gasteiger partial charge is 0.269 e. The Balaban J connectivity index is 3.09. The van der Waals surface area contributed by atoms with Gasteiger partial charge in [0.1, 0.15) is 0 Å². The molecule has 6 heteroatoms. The van der Waals surface area contributed by atoms with Gasteiger partial charge in [0.15, 0.2) is 5.69 Å². The standard InChI is InChI=1S/C11H14BrN3O2/c1-11(2,3)10(17)15-7-4-6(12)5-14-8(7)9(13)16/h4-5H,1-3H3,(H2,13,16)(H,15,17). The molecule has 1 rings (SSSR count). The molecule has 0 unspecified atom stereocenters. The van der Waals surface area contributed by atoms with Crippen molar-refractivity contribution in [3.8, 4) is 0 Å². The molecule has 3 N–H and O–H groups in total. The number of rotatable bonds is 2. The molecule has 5 nitrogen and oxygen atoms in total. The van der Waals surface area contributed by atoms with Crippen molar-refractivity contribution in [3.05, 3.63) is 22.4 Å². The number of pyridine rings is 1. The molecule has 2 amide bonds. The van der Waals surface area contributed by atoms with E-state index < -0.39 is 11.3 Å². The van der Waals surface area contributed by atoms with Crippen LogP contribution in [-0.4, -0.2) is 16.8 Å². The molecule has 0 saturated carbocycles. The first-order valence-corrected chi connectivity index (χ1v) is 5.78. The predicted octanol–water partition coefficient (Wildman–Crippen LogP) is 1.93.